The fourth-order valence-electron chi connectivity index (χ4n) is 1.26. The minimum absolute atomic E-state index is 0.748. The number of thiophene rings is 1. The summed E-state index contributed by atoms with van der Waals surface area (Å²) in [4.78, 5) is 12.4. The van der Waals surface area contributed by atoms with Crippen molar-refractivity contribution < 1.29 is 9.53 Å². The van der Waals surface area contributed by atoms with Gasteiger partial charge in [0, 0.05) is 0 Å². The highest BCUT2D eigenvalue weighted by Gasteiger charge is 2.06. The molecule has 2 rings (SSSR count). The molecule has 1 aromatic carbocycles. The number of carbonyl (C=O) groups is 1. The summed E-state index contributed by atoms with van der Waals surface area (Å²) in [5.41, 5.74) is 0. The first-order valence-corrected chi connectivity index (χ1v) is 6.32. The smallest absolute Gasteiger partial charge is 0.160 e. The normalized spacial score (nSPS) is 10.1. The van der Waals surface area contributed by atoms with Gasteiger partial charge in [-0.2, -0.15) is 0 Å². The molecule has 0 saturated carbocycles. The number of ether oxygens (including phenoxy) is 1. The number of methoxy groups -OCH3 is 1. The van der Waals surface area contributed by atoms with Crippen molar-refractivity contribution in [1.82, 2.24) is 0 Å². The first-order chi connectivity index (χ1) is 7.83. The molecular formula is C12H10O2S2. The SMILES string of the molecule is COc1ccccc1Sc1ccc(C=O)s1. The van der Waals surface area contributed by atoms with E-state index in [1.165, 1.54) is 11.3 Å². The lowest BCUT2D eigenvalue weighted by Crippen LogP contribution is -1.84. The van der Waals surface area contributed by atoms with Gasteiger partial charge in [-0.15, -0.1) is 11.3 Å². The Labute approximate surface area is 102 Å². The van der Waals surface area contributed by atoms with E-state index in [0.717, 1.165) is 26.0 Å². The van der Waals surface area contributed by atoms with Gasteiger partial charge in [-0.05, 0) is 24.3 Å². The van der Waals surface area contributed by atoms with Crippen LogP contribution in [0.4, 0.5) is 0 Å². The Kier molecular flexibility index (Phi) is 3.64. The van der Waals surface area contributed by atoms with Crippen LogP contribution in [0.1, 0.15) is 9.67 Å². The van der Waals surface area contributed by atoms with Crippen molar-refractivity contribution in [3.05, 3.63) is 41.3 Å². The van der Waals surface area contributed by atoms with Crippen LogP contribution in [0.2, 0.25) is 0 Å². The fourth-order valence-corrected chi connectivity index (χ4v) is 3.29. The summed E-state index contributed by atoms with van der Waals surface area (Å²) in [6.07, 6.45) is 0.872. The molecule has 0 N–H and O–H groups in total. The van der Waals surface area contributed by atoms with Crippen molar-refractivity contribution in [3.8, 4) is 5.75 Å². The van der Waals surface area contributed by atoms with Crippen LogP contribution in [0.15, 0.2) is 45.5 Å². The van der Waals surface area contributed by atoms with E-state index < -0.39 is 0 Å². The molecule has 0 amide bonds. The second-order valence-corrected chi connectivity index (χ2v) is 5.49. The molecule has 0 aliphatic carbocycles. The van der Waals surface area contributed by atoms with Crippen LogP contribution in [0, 0.1) is 0 Å². The molecule has 1 aromatic heterocycles. The molecule has 0 saturated heterocycles. The molecule has 16 heavy (non-hydrogen) atoms. The molecule has 2 aromatic rings. The number of para-hydroxylation sites is 1. The van der Waals surface area contributed by atoms with Crippen LogP contribution in [0.25, 0.3) is 0 Å². The third-order valence-electron chi connectivity index (χ3n) is 2.00. The third kappa shape index (κ3) is 2.46. The molecule has 82 valence electrons. The molecule has 1 heterocycles. The summed E-state index contributed by atoms with van der Waals surface area (Å²) in [5.74, 6) is 0.855. The van der Waals surface area contributed by atoms with E-state index >= 15 is 0 Å². The number of benzene rings is 1. The molecule has 2 nitrogen and oxygen atoms in total. The lowest BCUT2D eigenvalue weighted by atomic mass is 10.3. The van der Waals surface area contributed by atoms with Gasteiger partial charge in [0.1, 0.15) is 5.75 Å². The molecule has 0 bridgehead atoms. The van der Waals surface area contributed by atoms with Crippen molar-refractivity contribution in [3.63, 3.8) is 0 Å². The van der Waals surface area contributed by atoms with Crippen LogP contribution in [0.3, 0.4) is 0 Å². The van der Waals surface area contributed by atoms with Crippen molar-refractivity contribution in [1.29, 1.82) is 0 Å². The van der Waals surface area contributed by atoms with Gasteiger partial charge in [0.15, 0.2) is 6.29 Å². The minimum atomic E-state index is 0.748. The molecule has 0 aliphatic rings. The van der Waals surface area contributed by atoms with Gasteiger partial charge in [-0.25, -0.2) is 0 Å². The minimum Gasteiger partial charge on any atom is -0.496 e. The highest BCUT2D eigenvalue weighted by molar-refractivity contribution is 8.01. The van der Waals surface area contributed by atoms with E-state index in [4.69, 9.17) is 4.74 Å². The van der Waals surface area contributed by atoms with Crippen molar-refractivity contribution in [2.45, 2.75) is 9.10 Å². The zero-order valence-electron chi connectivity index (χ0n) is 8.67. The predicted octanol–water partition coefficient (Wildman–Crippen LogP) is 3.72. The van der Waals surface area contributed by atoms with Crippen molar-refractivity contribution in [2.75, 3.05) is 7.11 Å². The van der Waals surface area contributed by atoms with Gasteiger partial charge < -0.3 is 4.74 Å². The van der Waals surface area contributed by atoms with Crippen LogP contribution < -0.4 is 4.74 Å². The average molecular weight is 250 g/mol. The lowest BCUT2D eigenvalue weighted by Gasteiger charge is -2.05. The maximum atomic E-state index is 10.6. The molecular weight excluding hydrogens is 240 g/mol. The maximum Gasteiger partial charge on any atom is 0.160 e. The monoisotopic (exact) mass is 250 g/mol. The number of aldehydes is 1. The van der Waals surface area contributed by atoms with E-state index in [2.05, 4.69) is 0 Å². The highest BCUT2D eigenvalue weighted by atomic mass is 32.2. The van der Waals surface area contributed by atoms with Crippen LogP contribution in [-0.4, -0.2) is 13.4 Å². The first kappa shape index (κ1) is 11.2. The summed E-state index contributed by atoms with van der Waals surface area (Å²) in [6.45, 7) is 0. The van der Waals surface area contributed by atoms with Gasteiger partial charge in [-0.1, -0.05) is 23.9 Å². The van der Waals surface area contributed by atoms with Crippen molar-refractivity contribution >= 4 is 29.4 Å². The fraction of sp³-hybridized carbons (Fsp3) is 0.0833. The van der Waals surface area contributed by atoms with E-state index in [1.807, 2.05) is 36.4 Å². The Hall–Kier alpha value is -1.26. The highest BCUT2D eigenvalue weighted by Crippen LogP contribution is 2.37. The second kappa shape index (κ2) is 5.18. The largest absolute Gasteiger partial charge is 0.496 e. The topological polar surface area (TPSA) is 26.3 Å². The number of hydrogen-bond donors (Lipinski definition) is 0. The van der Waals surface area contributed by atoms with Crippen LogP contribution >= 0.6 is 23.1 Å². The van der Waals surface area contributed by atoms with E-state index in [0.29, 0.717) is 0 Å². The maximum absolute atomic E-state index is 10.6. The Morgan fingerprint density at radius 1 is 1.25 bits per heavy atom. The lowest BCUT2D eigenvalue weighted by molar-refractivity contribution is 0.112. The van der Waals surface area contributed by atoms with Gasteiger partial charge in [-0.3, -0.25) is 4.79 Å². The summed E-state index contributed by atoms with van der Waals surface area (Å²) >= 11 is 3.10. The zero-order chi connectivity index (χ0) is 11.4. The molecule has 0 radical (unpaired) electrons. The molecule has 0 aliphatic heterocycles. The molecule has 4 heteroatoms. The van der Waals surface area contributed by atoms with Gasteiger partial charge >= 0.3 is 0 Å². The van der Waals surface area contributed by atoms with Crippen LogP contribution in [-0.2, 0) is 0 Å². The third-order valence-corrected chi connectivity index (χ3v) is 4.20. The second-order valence-electron chi connectivity index (χ2n) is 3.03. The summed E-state index contributed by atoms with van der Waals surface area (Å²) in [7, 11) is 1.66. The summed E-state index contributed by atoms with van der Waals surface area (Å²) < 4.78 is 6.35. The first-order valence-electron chi connectivity index (χ1n) is 4.69. The number of hydrogen-bond acceptors (Lipinski definition) is 4. The van der Waals surface area contributed by atoms with E-state index in [1.54, 1.807) is 18.9 Å². The molecule has 0 fully saturated rings. The van der Waals surface area contributed by atoms with E-state index in [-0.39, 0.29) is 0 Å². The van der Waals surface area contributed by atoms with E-state index in [9.17, 15) is 4.79 Å². The predicted molar refractivity (Wildman–Crippen MR) is 66.8 cm³/mol. The van der Waals surface area contributed by atoms with Gasteiger partial charge in [0.2, 0.25) is 0 Å². The standard InChI is InChI=1S/C12H10O2S2/c1-14-10-4-2-3-5-11(10)16-12-7-6-9(8-13)15-12/h2-8H,1H3. The number of carbonyl (C=O) groups excluding carboxylic acids is 1. The Morgan fingerprint density at radius 2 is 2.06 bits per heavy atom. The van der Waals surface area contributed by atoms with Crippen LogP contribution in [0.5, 0.6) is 5.75 Å². The Bertz CT molecular complexity index is 491. The van der Waals surface area contributed by atoms with Gasteiger partial charge in [0.25, 0.3) is 0 Å². The molecule has 0 atom stereocenters. The Balaban J connectivity index is 2.22. The summed E-state index contributed by atoms with van der Waals surface area (Å²) in [5, 5.41) is 0. The van der Waals surface area contributed by atoms with Crippen molar-refractivity contribution in [2.24, 2.45) is 0 Å². The Morgan fingerprint density at radius 3 is 2.75 bits per heavy atom. The zero-order valence-corrected chi connectivity index (χ0v) is 10.3. The number of rotatable bonds is 4. The summed E-state index contributed by atoms with van der Waals surface area (Å²) in [6, 6.07) is 11.6. The van der Waals surface area contributed by atoms with Gasteiger partial charge in [0.05, 0.1) is 21.1 Å². The average Bonchev–Trinajstić information content (AvgIpc) is 2.77. The molecule has 0 spiro atoms. The molecule has 0 unspecified atom stereocenters. The quantitative estimate of drug-likeness (QED) is 0.774.